The highest BCUT2D eigenvalue weighted by atomic mass is 35.5. The van der Waals surface area contributed by atoms with Crippen molar-refractivity contribution in [2.45, 2.75) is 12.5 Å². The van der Waals surface area contributed by atoms with E-state index in [1.165, 1.54) is 0 Å². The topological polar surface area (TPSA) is 66.4 Å². The van der Waals surface area contributed by atoms with Crippen molar-refractivity contribution < 1.29 is 8.42 Å². The van der Waals surface area contributed by atoms with Gasteiger partial charge in [-0.2, -0.15) is 0 Å². The molecule has 0 bridgehead atoms. The average molecular weight is 317 g/mol. The molecule has 1 aromatic rings. The summed E-state index contributed by atoms with van der Waals surface area (Å²) < 4.78 is 23.1. The van der Waals surface area contributed by atoms with Crippen molar-refractivity contribution in [1.29, 1.82) is 0 Å². The fourth-order valence-corrected chi connectivity index (χ4v) is 4.68. The minimum atomic E-state index is -2.81. The van der Waals surface area contributed by atoms with Crippen LogP contribution in [0.4, 0.5) is 5.95 Å². The van der Waals surface area contributed by atoms with Crippen molar-refractivity contribution in [2.75, 3.05) is 42.6 Å². The standard InChI is InChI=1S/C12H17ClN4O2S/c13-10-7-14-12(15-8-10)17-4-2-16(3-5-17)11-1-6-20(18,19)9-11/h7-8,11H,1-6,9H2/t11-/m0/s1. The number of aromatic nitrogens is 2. The van der Waals surface area contributed by atoms with E-state index >= 15 is 0 Å². The molecule has 3 rings (SSSR count). The van der Waals surface area contributed by atoms with E-state index in [2.05, 4.69) is 19.8 Å². The van der Waals surface area contributed by atoms with Gasteiger partial charge >= 0.3 is 0 Å². The largest absolute Gasteiger partial charge is 0.338 e. The third-order valence-electron chi connectivity index (χ3n) is 3.93. The van der Waals surface area contributed by atoms with Crippen molar-refractivity contribution in [2.24, 2.45) is 0 Å². The van der Waals surface area contributed by atoms with Gasteiger partial charge in [0.2, 0.25) is 5.95 Å². The first-order chi connectivity index (χ1) is 9.53. The molecular formula is C12H17ClN4O2S. The van der Waals surface area contributed by atoms with Gasteiger partial charge in [-0.1, -0.05) is 11.6 Å². The van der Waals surface area contributed by atoms with E-state index in [0.29, 0.717) is 22.5 Å². The highest BCUT2D eigenvalue weighted by molar-refractivity contribution is 7.91. The van der Waals surface area contributed by atoms with E-state index in [1.54, 1.807) is 12.4 Å². The van der Waals surface area contributed by atoms with E-state index in [4.69, 9.17) is 11.6 Å². The van der Waals surface area contributed by atoms with E-state index in [0.717, 1.165) is 32.6 Å². The summed E-state index contributed by atoms with van der Waals surface area (Å²) in [7, 11) is -2.81. The summed E-state index contributed by atoms with van der Waals surface area (Å²) in [5.74, 6) is 1.33. The molecule has 0 aliphatic carbocycles. The molecule has 0 saturated carbocycles. The van der Waals surface area contributed by atoms with Crippen LogP contribution < -0.4 is 4.90 Å². The molecule has 110 valence electrons. The predicted octanol–water partition coefficient (Wildman–Crippen LogP) is 0.439. The van der Waals surface area contributed by atoms with Crippen LogP contribution in [0.3, 0.4) is 0 Å². The van der Waals surface area contributed by atoms with E-state index in [9.17, 15) is 8.42 Å². The maximum Gasteiger partial charge on any atom is 0.225 e. The molecule has 0 spiro atoms. The molecule has 0 aromatic carbocycles. The summed E-state index contributed by atoms with van der Waals surface area (Å²) in [6.07, 6.45) is 3.96. The fraction of sp³-hybridized carbons (Fsp3) is 0.667. The lowest BCUT2D eigenvalue weighted by Gasteiger charge is -2.37. The number of nitrogens with zero attached hydrogens (tertiary/aromatic N) is 4. The van der Waals surface area contributed by atoms with Crippen molar-refractivity contribution in [3.05, 3.63) is 17.4 Å². The maximum atomic E-state index is 11.5. The zero-order chi connectivity index (χ0) is 14.2. The van der Waals surface area contributed by atoms with Gasteiger partial charge in [0.15, 0.2) is 9.84 Å². The molecule has 0 N–H and O–H groups in total. The molecule has 2 aliphatic rings. The second-order valence-electron chi connectivity index (χ2n) is 5.28. The van der Waals surface area contributed by atoms with Crippen LogP contribution in [0.15, 0.2) is 12.4 Å². The number of rotatable bonds is 2. The first-order valence-corrected chi connectivity index (χ1v) is 8.90. The number of anilines is 1. The van der Waals surface area contributed by atoms with Gasteiger partial charge < -0.3 is 4.90 Å². The Morgan fingerprint density at radius 3 is 2.35 bits per heavy atom. The number of hydrogen-bond acceptors (Lipinski definition) is 6. The molecule has 1 atom stereocenters. The lowest BCUT2D eigenvalue weighted by molar-refractivity contribution is 0.200. The Morgan fingerprint density at radius 2 is 1.80 bits per heavy atom. The monoisotopic (exact) mass is 316 g/mol. The van der Waals surface area contributed by atoms with Crippen LogP contribution in [0.2, 0.25) is 5.02 Å². The lowest BCUT2D eigenvalue weighted by atomic mass is 10.2. The number of hydrogen-bond donors (Lipinski definition) is 0. The first-order valence-electron chi connectivity index (χ1n) is 6.70. The zero-order valence-electron chi connectivity index (χ0n) is 11.1. The molecular weight excluding hydrogens is 300 g/mol. The Balaban J connectivity index is 1.58. The van der Waals surface area contributed by atoms with Crippen molar-refractivity contribution >= 4 is 27.4 Å². The molecule has 2 fully saturated rings. The summed E-state index contributed by atoms with van der Waals surface area (Å²) in [5, 5.41) is 0.531. The van der Waals surface area contributed by atoms with Gasteiger partial charge in [0.05, 0.1) is 28.9 Å². The quantitative estimate of drug-likeness (QED) is 0.789. The molecule has 6 nitrogen and oxygen atoms in total. The fourth-order valence-electron chi connectivity index (χ4n) is 2.82. The summed E-state index contributed by atoms with van der Waals surface area (Å²) in [6.45, 7) is 3.34. The van der Waals surface area contributed by atoms with Crippen molar-refractivity contribution in [1.82, 2.24) is 14.9 Å². The second-order valence-corrected chi connectivity index (χ2v) is 7.95. The summed E-state index contributed by atoms with van der Waals surface area (Å²) >= 11 is 5.78. The molecule has 3 heterocycles. The predicted molar refractivity (Wildman–Crippen MR) is 77.9 cm³/mol. The molecule has 20 heavy (non-hydrogen) atoms. The minimum Gasteiger partial charge on any atom is -0.338 e. The molecule has 2 aliphatic heterocycles. The van der Waals surface area contributed by atoms with Gasteiger partial charge in [0.25, 0.3) is 0 Å². The third kappa shape index (κ3) is 3.05. The van der Waals surface area contributed by atoms with Gasteiger partial charge in [-0.25, -0.2) is 18.4 Å². The van der Waals surface area contributed by atoms with Crippen LogP contribution >= 0.6 is 11.6 Å². The normalized spacial score (nSPS) is 26.9. The Labute approximate surface area is 123 Å². The Morgan fingerprint density at radius 1 is 1.15 bits per heavy atom. The number of sulfone groups is 1. The lowest BCUT2D eigenvalue weighted by Crippen LogP contribution is -2.51. The van der Waals surface area contributed by atoms with Crippen molar-refractivity contribution in [3.8, 4) is 0 Å². The van der Waals surface area contributed by atoms with E-state index in [-0.39, 0.29) is 6.04 Å². The molecule has 0 radical (unpaired) electrons. The molecule has 0 unspecified atom stereocenters. The average Bonchev–Trinajstić information content (AvgIpc) is 2.80. The van der Waals surface area contributed by atoms with E-state index < -0.39 is 9.84 Å². The summed E-state index contributed by atoms with van der Waals surface area (Å²) in [6, 6.07) is 0.188. The van der Waals surface area contributed by atoms with Crippen LogP contribution in [0.25, 0.3) is 0 Å². The Hall–Kier alpha value is -0.920. The van der Waals surface area contributed by atoms with Gasteiger partial charge in [0.1, 0.15) is 0 Å². The van der Waals surface area contributed by atoms with Gasteiger partial charge in [0, 0.05) is 32.2 Å². The third-order valence-corrected chi connectivity index (χ3v) is 5.87. The number of piperazine rings is 1. The Bertz CT molecular complexity index is 570. The molecule has 1 aromatic heterocycles. The van der Waals surface area contributed by atoms with E-state index in [1.807, 2.05) is 0 Å². The van der Waals surface area contributed by atoms with Gasteiger partial charge in [-0.15, -0.1) is 0 Å². The van der Waals surface area contributed by atoms with Gasteiger partial charge in [-0.3, -0.25) is 4.90 Å². The van der Waals surface area contributed by atoms with Crippen LogP contribution in [0.1, 0.15) is 6.42 Å². The summed E-state index contributed by atoms with van der Waals surface area (Å²) in [4.78, 5) is 12.8. The van der Waals surface area contributed by atoms with Crippen LogP contribution in [-0.2, 0) is 9.84 Å². The van der Waals surface area contributed by atoms with Crippen LogP contribution in [-0.4, -0.2) is 67.0 Å². The number of halogens is 1. The maximum absolute atomic E-state index is 11.5. The highest BCUT2D eigenvalue weighted by Crippen LogP contribution is 2.20. The van der Waals surface area contributed by atoms with Crippen molar-refractivity contribution in [3.63, 3.8) is 0 Å². The minimum absolute atomic E-state index is 0.188. The zero-order valence-corrected chi connectivity index (χ0v) is 12.6. The Kier molecular flexibility index (Phi) is 3.83. The molecule has 2 saturated heterocycles. The van der Waals surface area contributed by atoms with Crippen LogP contribution in [0.5, 0.6) is 0 Å². The first kappa shape index (κ1) is 14.0. The van der Waals surface area contributed by atoms with Gasteiger partial charge in [-0.05, 0) is 6.42 Å². The SMILES string of the molecule is O=S1(=O)CC[C@H](N2CCN(c3ncc(Cl)cn3)CC2)C1. The highest BCUT2D eigenvalue weighted by Gasteiger charge is 2.33. The smallest absolute Gasteiger partial charge is 0.225 e. The second kappa shape index (κ2) is 5.46. The molecule has 0 amide bonds. The molecule has 8 heteroatoms. The summed E-state index contributed by atoms with van der Waals surface area (Å²) in [5.41, 5.74) is 0. The van der Waals surface area contributed by atoms with Crippen LogP contribution in [0, 0.1) is 0 Å².